The van der Waals surface area contributed by atoms with E-state index in [4.69, 9.17) is 24.7 Å². The third-order valence-corrected chi connectivity index (χ3v) is 8.58. The second-order valence-electron chi connectivity index (χ2n) is 11.0. The summed E-state index contributed by atoms with van der Waals surface area (Å²) in [4.78, 5) is 24.0. The lowest BCUT2D eigenvalue weighted by Crippen LogP contribution is -2.43. The van der Waals surface area contributed by atoms with E-state index in [1.165, 1.54) is 7.11 Å². The number of fused-ring (bicyclic) bond motifs is 1. The standard InChI is InChI=1S/C34H36N4O3/c1-21-9-12-26(17-22(2)38(21)34(39)41-5)23(3)31-16-15-27(19-36-31)30-20-37-32-28(7-6-8-29(32)33(30)40-4)25-13-10-24(18-35)11-14-25/h6-8,10-11,13-16,19-23,26H,9,12,17H2,1-5H3/t21?,22-,23?,26?/m0/s1. The molecule has 4 atom stereocenters. The molecule has 7 nitrogen and oxygen atoms in total. The Hall–Kier alpha value is -4.44. The van der Waals surface area contributed by atoms with Gasteiger partial charge in [0.05, 0.1) is 31.4 Å². The highest BCUT2D eigenvalue weighted by Gasteiger charge is 2.34. The van der Waals surface area contributed by atoms with Crippen LogP contribution in [0.4, 0.5) is 4.79 Å². The summed E-state index contributed by atoms with van der Waals surface area (Å²) in [6.07, 6.45) is 6.40. The molecule has 5 rings (SSSR count). The second-order valence-corrected chi connectivity index (χ2v) is 11.0. The zero-order chi connectivity index (χ0) is 29.1. The predicted molar refractivity (Wildman–Crippen MR) is 161 cm³/mol. The van der Waals surface area contributed by atoms with E-state index in [1.54, 1.807) is 7.11 Å². The van der Waals surface area contributed by atoms with E-state index in [-0.39, 0.29) is 24.1 Å². The Morgan fingerprint density at radius 1 is 0.951 bits per heavy atom. The van der Waals surface area contributed by atoms with Crippen molar-refractivity contribution in [2.45, 2.75) is 58.0 Å². The van der Waals surface area contributed by atoms with Gasteiger partial charge in [-0.3, -0.25) is 9.97 Å². The van der Waals surface area contributed by atoms with E-state index in [9.17, 15) is 4.79 Å². The van der Waals surface area contributed by atoms with Crippen LogP contribution in [0.15, 0.2) is 67.0 Å². The highest BCUT2D eigenvalue weighted by atomic mass is 16.5. The molecule has 0 radical (unpaired) electrons. The topological polar surface area (TPSA) is 88.3 Å². The summed E-state index contributed by atoms with van der Waals surface area (Å²) in [7, 11) is 3.13. The SMILES string of the molecule is COC(=O)N1C(C)CCC(C(C)c2ccc(-c3cnc4c(-c5ccc(C#N)cc5)cccc4c3OC)cn2)C[C@@H]1C. The minimum atomic E-state index is -0.247. The van der Waals surface area contributed by atoms with Gasteiger partial charge in [-0.25, -0.2) is 4.79 Å². The Morgan fingerprint density at radius 2 is 1.71 bits per heavy atom. The van der Waals surface area contributed by atoms with Gasteiger partial charge in [-0.1, -0.05) is 37.3 Å². The lowest BCUT2D eigenvalue weighted by molar-refractivity contribution is 0.0893. The molecule has 0 bridgehead atoms. The molecule has 4 aromatic rings. The van der Waals surface area contributed by atoms with Gasteiger partial charge < -0.3 is 14.4 Å². The van der Waals surface area contributed by atoms with Crippen molar-refractivity contribution >= 4 is 17.0 Å². The monoisotopic (exact) mass is 548 g/mol. The molecule has 1 aliphatic rings. The summed E-state index contributed by atoms with van der Waals surface area (Å²) in [6, 6.07) is 20.2. The van der Waals surface area contributed by atoms with Crippen molar-refractivity contribution in [3.8, 4) is 34.1 Å². The van der Waals surface area contributed by atoms with Crippen LogP contribution in [0, 0.1) is 17.2 Å². The molecular formula is C34H36N4O3. The van der Waals surface area contributed by atoms with Gasteiger partial charge in [-0.2, -0.15) is 5.26 Å². The van der Waals surface area contributed by atoms with Crippen LogP contribution in [0.5, 0.6) is 5.75 Å². The minimum absolute atomic E-state index is 0.105. The van der Waals surface area contributed by atoms with Crippen molar-refractivity contribution in [1.82, 2.24) is 14.9 Å². The number of nitriles is 1. The first-order valence-corrected chi connectivity index (χ1v) is 14.1. The number of carbonyl (C=O) groups excluding carboxylic acids is 1. The number of carbonyl (C=O) groups is 1. The summed E-state index contributed by atoms with van der Waals surface area (Å²) < 4.78 is 11.0. The molecule has 1 saturated heterocycles. The lowest BCUT2D eigenvalue weighted by Gasteiger charge is -2.32. The maximum atomic E-state index is 12.4. The van der Waals surface area contributed by atoms with Crippen LogP contribution >= 0.6 is 0 Å². The number of benzene rings is 2. The first-order valence-electron chi connectivity index (χ1n) is 14.1. The third-order valence-electron chi connectivity index (χ3n) is 8.58. The van der Waals surface area contributed by atoms with Gasteiger partial charge in [0.2, 0.25) is 0 Å². The zero-order valence-corrected chi connectivity index (χ0v) is 24.3. The Kier molecular flexibility index (Phi) is 8.21. The van der Waals surface area contributed by atoms with Crippen molar-refractivity contribution in [2.75, 3.05) is 14.2 Å². The molecule has 2 aromatic carbocycles. The maximum absolute atomic E-state index is 12.4. The summed E-state index contributed by atoms with van der Waals surface area (Å²) in [6.45, 7) is 6.45. The van der Waals surface area contributed by atoms with Gasteiger partial charge in [0, 0.05) is 58.2 Å². The van der Waals surface area contributed by atoms with E-state index in [0.717, 1.165) is 63.9 Å². The number of hydrogen-bond donors (Lipinski definition) is 0. The van der Waals surface area contributed by atoms with Crippen molar-refractivity contribution in [3.63, 3.8) is 0 Å². The second kappa shape index (κ2) is 12.0. The highest BCUT2D eigenvalue weighted by molar-refractivity contribution is 6.00. The number of pyridine rings is 2. The smallest absolute Gasteiger partial charge is 0.409 e. The maximum Gasteiger partial charge on any atom is 0.409 e. The van der Waals surface area contributed by atoms with E-state index >= 15 is 0 Å². The predicted octanol–water partition coefficient (Wildman–Crippen LogP) is 7.59. The number of likely N-dealkylation sites (tertiary alicyclic amines) is 1. The number of ether oxygens (including phenoxy) is 2. The Bertz CT molecular complexity index is 1580. The molecule has 3 heterocycles. The summed E-state index contributed by atoms with van der Waals surface area (Å²) in [5.74, 6) is 1.42. The molecule has 1 amide bonds. The van der Waals surface area contributed by atoms with Gasteiger partial charge in [-0.05, 0) is 68.9 Å². The van der Waals surface area contributed by atoms with Crippen LogP contribution < -0.4 is 4.74 Å². The first kappa shape index (κ1) is 28.1. The number of amides is 1. The quantitative estimate of drug-likeness (QED) is 0.255. The fourth-order valence-corrected chi connectivity index (χ4v) is 6.27. The number of aromatic nitrogens is 2. The molecule has 0 spiro atoms. The van der Waals surface area contributed by atoms with Crippen LogP contribution in [0.3, 0.4) is 0 Å². The van der Waals surface area contributed by atoms with Gasteiger partial charge in [0.25, 0.3) is 0 Å². The fraction of sp³-hybridized carbons (Fsp3) is 0.353. The zero-order valence-electron chi connectivity index (χ0n) is 24.3. The molecule has 0 aliphatic carbocycles. The summed E-state index contributed by atoms with van der Waals surface area (Å²) >= 11 is 0. The third kappa shape index (κ3) is 5.47. The van der Waals surface area contributed by atoms with E-state index in [1.807, 2.05) is 59.8 Å². The summed E-state index contributed by atoms with van der Waals surface area (Å²) in [5, 5.41) is 10.1. The molecule has 2 aromatic heterocycles. The molecule has 1 aliphatic heterocycles. The van der Waals surface area contributed by atoms with Gasteiger partial charge >= 0.3 is 6.09 Å². The average Bonchev–Trinajstić information content (AvgIpc) is 3.16. The molecule has 41 heavy (non-hydrogen) atoms. The van der Waals surface area contributed by atoms with E-state index in [2.05, 4.69) is 39.0 Å². The Labute approximate surface area is 241 Å². The number of para-hydroxylation sites is 1. The Morgan fingerprint density at radius 3 is 2.37 bits per heavy atom. The first-order chi connectivity index (χ1) is 19.9. The lowest BCUT2D eigenvalue weighted by atomic mass is 9.83. The van der Waals surface area contributed by atoms with Crippen LogP contribution in [0.1, 0.15) is 57.2 Å². The normalized spacial score (nSPS) is 19.7. The highest BCUT2D eigenvalue weighted by Crippen LogP contribution is 2.40. The molecule has 3 unspecified atom stereocenters. The largest absolute Gasteiger partial charge is 0.495 e. The van der Waals surface area contributed by atoms with Crippen molar-refractivity contribution in [2.24, 2.45) is 5.92 Å². The van der Waals surface area contributed by atoms with Crippen LogP contribution in [0.2, 0.25) is 0 Å². The number of hydrogen-bond acceptors (Lipinski definition) is 6. The number of methoxy groups -OCH3 is 2. The van der Waals surface area contributed by atoms with E-state index < -0.39 is 0 Å². The van der Waals surface area contributed by atoms with Crippen molar-refractivity contribution in [1.29, 1.82) is 5.26 Å². The number of nitrogens with zero attached hydrogens (tertiary/aromatic N) is 4. The molecule has 0 N–H and O–H groups in total. The van der Waals surface area contributed by atoms with Crippen molar-refractivity contribution in [3.05, 3.63) is 78.2 Å². The fourth-order valence-electron chi connectivity index (χ4n) is 6.27. The Balaban J connectivity index is 1.42. The summed E-state index contributed by atoms with van der Waals surface area (Å²) in [5.41, 5.74) is 6.31. The molecule has 1 fully saturated rings. The molecule has 0 saturated carbocycles. The van der Waals surface area contributed by atoms with Crippen LogP contribution in [-0.4, -0.2) is 47.3 Å². The van der Waals surface area contributed by atoms with Gasteiger partial charge in [0.1, 0.15) is 5.75 Å². The molecule has 7 heteroatoms. The molecule has 210 valence electrons. The minimum Gasteiger partial charge on any atom is -0.495 e. The van der Waals surface area contributed by atoms with E-state index in [0.29, 0.717) is 11.5 Å². The molecular weight excluding hydrogens is 512 g/mol. The van der Waals surface area contributed by atoms with Crippen LogP contribution in [0.25, 0.3) is 33.2 Å². The van der Waals surface area contributed by atoms with Crippen molar-refractivity contribution < 1.29 is 14.3 Å². The average molecular weight is 549 g/mol. The van der Waals surface area contributed by atoms with Crippen LogP contribution in [-0.2, 0) is 4.74 Å². The van der Waals surface area contributed by atoms with Gasteiger partial charge in [0.15, 0.2) is 0 Å². The van der Waals surface area contributed by atoms with Gasteiger partial charge in [-0.15, -0.1) is 0 Å². The number of rotatable bonds is 5.